The zero-order valence-corrected chi connectivity index (χ0v) is 10.2. The smallest absolute Gasteiger partial charge is 0.137 e. The number of halogens is 2. The predicted octanol–water partition coefficient (Wildman–Crippen LogP) is 4.30. The van der Waals surface area contributed by atoms with Crippen molar-refractivity contribution in [3.63, 3.8) is 0 Å². The third-order valence-electron chi connectivity index (χ3n) is 2.23. The third kappa shape index (κ3) is 3.84. The maximum absolute atomic E-state index is 11.5. The monoisotopic (exact) mass is 244 g/mol. The van der Waals surface area contributed by atoms with Gasteiger partial charge in [0.15, 0.2) is 0 Å². The molecule has 3 heteroatoms. The van der Waals surface area contributed by atoms with Crippen molar-refractivity contribution < 1.29 is 4.79 Å². The molecule has 0 aromatic heterocycles. The van der Waals surface area contributed by atoms with Gasteiger partial charge in [0.05, 0.1) is 10.0 Å². The Morgan fingerprint density at radius 2 is 2.07 bits per heavy atom. The standard InChI is InChI=1S/C12H14Cl2O/c1-2-3-6-10(15)8-9-5-4-7-11(13)12(9)14/h4-5,7H,2-3,6,8H2,1H3. The Hall–Kier alpha value is -0.530. The Bertz CT molecular complexity index is 347. The van der Waals surface area contributed by atoms with E-state index in [2.05, 4.69) is 6.92 Å². The van der Waals surface area contributed by atoms with Gasteiger partial charge in [-0.15, -0.1) is 0 Å². The van der Waals surface area contributed by atoms with Crippen LogP contribution in [0.1, 0.15) is 31.7 Å². The van der Waals surface area contributed by atoms with Crippen molar-refractivity contribution in [2.24, 2.45) is 0 Å². The molecule has 0 N–H and O–H groups in total. The van der Waals surface area contributed by atoms with Crippen LogP contribution in [0, 0.1) is 0 Å². The lowest BCUT2D eigenvalue weighted by molar-refractivity contribution is -0.118. The van der Waals surface area contributed by atoms with E-state index in [1.54, 1.807) is 6.07 Å². The minimum Gasteiger partial charge on any atom is -0.299 e. The van der Waals surface area contributed by atoms with Gasteiger partial charge in [-0.2, -0.15) is 0 Å². The van der Waals surface area contributed by atoms with E-state index < -0.39 is 0 Å². The highest BCUT2D eigenvalue weighted by atomic mass is 35.5. The Morgan fingerprint density at radius 1 is 1.33 bits per heavy atom. The molecular formula is C12H14Cl2O. The molecule has 0 saturated carbocycles. The predicted molar refractivity (Wildman–Crippen MR) is 64.7 cm³/mol. The molecule has 15 heavy (non-hydrogen) atoms. The van der Waals surface area contributed by atoms with Gasteiger partial charge in [-0.25, -0.2) is 0 Å². The highest BCUT2D eigenvalue weighted by Gasteiger charge is 2.08. The van der Waals surface area contributed by atoms with E-state index in [1.807, 2.05) is 12.1 Å². The van der Waals surface area contributed by atoms with Crippen molar-refractivity contribution in [2.75, 3.05) is 0 Å². The first-order valence-electron chi connectivity index (χ1n) is 5.09. The third-order valence-corrected chi connectivity index (χ3v) is 3.09. The fourth-order valence-electron chi connectivity index (χ4n) is 1.36. The average Bonchev–Trinajstić information content (AvgIpc) is 2.22. The number of Topliss-reactive ketones (excluding diaryl/α,β-unsaturated/α-hetero) is 1. The van der Waals surface area contributed by atoms with Crippen LogP contribution in [-0.2, 0) is 11.2 Å². The first-order chi connectivity index (χ1) is 7.15. The fraction of sp³-hybridized carbons (Fsp3) is 0.417. The summed E-state index contributed by atoms with van der Waals surface area (Å²) < 4.78 is 0. The second-order valence-electron chi connectivity index (χ2n) is 3.53. The number of carbonyl (C=O) groups is 1. The highest BCUT2D eigenvalue weighted by Crippen LogP contribution is 2.26. The van der Waals surface area contributed by atoms with Crippen LogP contribution < -0.4 is 0 Å². The van der Waals surface area contributed by atoms with Crippen LogP contribution >= 0.6 is 23.2 Å². The van der Waals surface area contributed by atoms with Crippen molar-refractivity contribution in [3.05, 3.63) is 33.8 Å². The highest BCUT2D eigenvalue weighted by molar-refractivity contribution is 6.42. The zero-order valence-electron chi connectivity index (χ0n) is 8.72. The molecule has 1 aromatic rings. The maximum Gasteiger partial charge on any atom is 0.137 e. The summed E-state index contributed by atoms with van der Waals surface area (Å²) in [5.74, 6) is 0.223. The van der Waals surface area contributed by atoms with Crippen LogP contribution in [0.4, 0.5) is 0 Å². The lowest BCUT2D eigenvalue weighted by Crippen LogP contribution is -2.02. The normalized spacial score (nSPS) is 10.3. The topological polar surface area (TPSA) is 17.1 Å². The van der Waals surface area contributed by atoms with Gasteiger partial charge in [-0.3, -0.25) is 4.79 Å². The van der Waals surface area contributed by atoms with Gasteiger partial charge in [0, 0.05) is 12.8 Å². The quantitative estimate of drug-likeness (QED) is 0.756. The summed E-state index contributed by atoms with van der Waals surface area (Å²) in [4.78, 5) is 11.5. The molecule has 0 unspecified atom stereocenters. The van der Waals surface area contributed by atoms with Crippen molar-refractivity contribution in [3.8, 4) is 0 Å². The number of hydrogen-bond acceptors (Lipinski definition) is 1. The molecule has 0 spiro atoms. The van der Waals surface area contributed by atoms with Gasteiger partial charge in [-0.05, 0) is 18.1 Å². The number of hydrogen-bond donors (Lipinski definition) is 0. The number of carbonyl (C=O) groups excluding carboxylic acids is 1. The van der Waals surface area contributed by atoms with E-state index in [1.165, 1.54) is 0 Å². The van der Waals surface area contributed by atoms with Crippen LogP contribution in [-0.4, -0.2) is 5.78 Å². The Balaban J connectivity index is 2.64. The van der Waals surface area contributed by atoms with Crippen LogP contribution in [0.15, 0.2) is 18.2 Å². The van der Waals surface area contributed by atoms with Crippen molar-refractivity contribution in [1.82, 2.24) is 0 Å². The van der Waals surface area contributed by atoms with Crippen LogP contribution in [0.3, 0.4) is 0 Å². The van der Waals surface area contributed by atoms with E-state index in [4.69, 9.17) is 23.2 Å². The van der Waals surface area contributed by atoms with Gasteiger partial charge >= 0.3 is 0 Å². The second kappa shape index (κ2) is 6.14. The molecule has 1 aromatic carbocycles. The summed E-state index contributed by atoms with van der Waals surface area (Å²) in [5, 5.41) is 1.02. The molecule has 0 heterocycles. The van der Waals surface area contributed by atoms with E-state index in [0.29, 0.717) is 22.9 Å². The second-order valence-corrected chi connectivity index (χ2v) is 4.32. The molecule has 0 bridgehead atoms. The molecule has 1 rings (SSSR count). The van der Waals surface area contributed by atoms with Gasteiger partial charge < -0.3 is 0 Å². The van der Waals surface area contributed by atoms with Gasteiger partial charge in [-0.1, -0.05) is 48.7 Å². The van der Waals surface area contributed by atoms with E-state index in [-0.39, 0.29) is 5.78 Å². The summed E-state index contributed by atoms with van der Waals surface area (Å²) >= 11 is 11.8. The van der Waals surface area contributed by atoms with Crippen molar-refractivity contribution in [2.45, 2.75) is 32.6 Å². The van der Waals surface area contributed by atoms with E-state index >= 15 is 0 Å². The van der Waals surface area contributed by atoms with Gasteiger partial charge in [0.1, 0.15) is 5.78 Å². The minimum atomic E-state index is 0.223. The molecule has 82 valence electrons. The first kappa shape index (κ1) is 12.5. The number of unbranched alkanes of at least 4 members (excludes halogenated alkanes) is 1. The lowest BCUT2D eigenvalue weighted by Gasteiger charge is -2.04. The maximum atomic E-state index is 11.5. The van der Waals surface area contributed by atoms with Crippen LogP contribution in [0.5, 0.6) is 0 Å². The molecule has 0 atom stereocenters. The molecule has 0 aliphatic heterocycles. The molecule has 0 aliphatic carbocycles. The molecule has 0 fully saturated rings. The summed E-state index contributed by atoms with van der Waals surface area (Å²) in [6, 6.07) is 5.39. The summed E-state index contributed by atoms with van der Waals surface area (Å²) in [7, 11) is 0. The van der Waals surface area contributed by atoms with Crippen LogP contribution in [0.25, 0.3) is 0 Å². The number of ketones is 1. The Labute approximate surface area is 100 Å². The summed E-state index contributed by atoms with van der Waals surface area (Å²) in [6.07, 6.45) is 2.99. The van der Waals surface area contributed by atoms with Gasteiger partial charge in [0.2, 0.25) is 0 Å². The van der Waals surface area contributed by atoms with E-state index in [9.17, 15) is 4.79 Å². The number of rotatable bonds is 5. The van der Waals surface area contributed by atoms with Crippen LogP contribution in [0.2, 0.25) is 10.0 Å². The molecule has 1 nitrogen and oxygen atoms in total. The Morgan fingerprint density at radius 3 is 2.73 bits per heavy atom. The zero-order chi connectivity index (χ0) is 11.3. The molecule has 0 aliphatic rings. The number of benzene rings is 1. The summed E-state index contributed by atoms with van der Waals surface area (Å²) in [5.41, 5.74) is 0.824. The minimum absolute atomic E-state index is 0.223. The SMILES string of the molecule is CCCCC(=O)Cc1cccc(Cl)c1Cl. The van der Waals surface area contributed by atoms with E-state index in [0.717, 1.165) is 18.4 Å². The molecular weight excluding hydrogens is 231 g/mol. The molecule has 0 saturated heterocycles. The first-order valence-corrected chi connectivity index (χ1v) is 5.85. The fourth-order valence-corrected chi connectivity index (χ4v) is 1.75. The summed E-state index contributed by atoms with van der Waals surface area (Å²) in [6.45, 7) is 2.07. The molecule has 0 amide bonds. The average molecular weight is 245 g/mol. The van der Waals surface area contributed by atoms with Crippen molar-refractivity contribution in [1.29, 1.82) is 0 Å². The molecule has 0 radical (unpaired) electrons. The van der Waals surface area contributed by atoms with Crippen molar-refractivity contribution >= 4 is 29.0 Å². The Kier molecular flexibility index (Phi) is 5.13. The van der Waals surface area contributed by atoms with Gasteiger partial charge in [0.25, 0.3) is 0 Å². The largest absolute Gasteiger partial charge is 0.299 e. The lowest BCUT2D eigenvalue weighted by atomic mass is 10.1.